The predicted octanol–water partition coefficient (Wildman–Crippen LogP) is 4.18. The molecule has 1 fully saturated rings. The number of anilines is 2. The van der Waals surface area contributed by atoms with E-state index in [9.17, 15) is 13.2 Å². The number of nitrogens with one attached hydrogen (secondary N) is 1. The molecule has 1 aliphatic heterocycles. The molecule has 0 unspecified atom stereocenters. The van der Waals surface area contributed by atoms with Gasteiger partial charge >= 0.3 is 0 Å². The average Bonchev–Trinajstić information content (AvgIpc) is 3.32. The highest BCUT2D eigenvalue weighted by Gasteiger charge is 2.32. The predicted molar refractivity (Wildman–Crippen MR) is 111 cm³/mol. The summed E-state index contributed by atoms with van der Waals surface area (Å²) in [5, 5.41) is 0. The minimum Gasteiger partial charge on any atom is -0.312 e. The van der Waals surface area contributed by atoms with Crippen molar-refractivity contribution in [2.45, 2.75) is 50.8 Å². The van der Waals surface area contributed by atoms with Crippen molar-refractivity contribution < 1.29 is 13.2 Å². The fourth-order valence-electron chi connectivity index (χ4n) is 4.18. The van der Waals surface area contributed by atoms with Gasteiger partial charge in [0, 0.05) is 23.8 Å². The van der Waals surface area contributed by atoms with Crippen LogP contribution in [0.5, 0.6) is 0 Å². The third-order valence-electron chi connectivity index (χ3n) is 5.99. The Morgan fingerprint density at radius 2 is 1.79 bits per heavy atom. The van der Waals surface area contributed by atoms with E-state index in [0.717, 1.165) is 54.5 Å². The van der Waals surface area contributed by atoms with Crippen molar-refractivity contribution in [1.82, 2.24) is 0 Å². The minimum absolute atomic E-state index is 0.147. The van der Waals surface area contributed by atoms with E-state index in [-0.39, 0.29) is 16.7 Å². The van der Waals surface area contributed by atoms with Crippen molar-refractivity contribution in [2.75, 3.05) is 16.2 Å². The van der Waals surface area contributed by atoms with E-state index in [1.165, 1.54) is 0 Å². The Morgan fingerprint density at radius 3 is 2.50 bits per heavy atom. The molecule has 0 atom stereocenters. The molecule has 0 saturated heterocycles. The van der Waals surface area contributed by atoms with Crippen LogP contribution >= 0.6 is 0 Å². The lowest BCUT2D eigenvalue weighted by Crippen LogP contribution is -2.33. The summed E-state index contributed by atoms with van der Waals surface area (Å²) in [6.07, 6.45) is 5.00. The summed E-state index contributed by atoms with van der Waals surface area (Å²) in [5.74, 6) is 0.369. The molecule has 0 radical (unpaired) electrons. The van der Waals surface area contributed by atoms with E-state index in [1.54, 1.807) is 18.2 Å². The standard InChI is InChI=1S/C22H26N2O3S/c1-15-7-9-20(13-16(15)2)28(26,27)23-19-8-10-21-18(14-19)11-12-24(21)22(25)17-5-3-4-6-17/h7-10,13-14,17,23H,3-6,11-12H2,1-2H3. The largest absolute Gasteiger partial charge is 0.312 e. The molecule has 1 aliphatic carbocycles. The molecule has 2 aromatic carbocycles. The van der Waals surface area contributed by atoms with E-state index >= 15 is 0 Å². The number of carbonyl (C=O) groups excluding carboxylic acids is 1. The Hall–Kier alpha value is -2.34. The van der Waals surface area contributed by atoms with Crippen LogP contribution in [0.3, 0.4) is 0 Å². The van der Waals surface area contributed by atoms with Crippen LogP contribution in [0.4, 0.5) is 11.4 Å². The normalized spacial score (nSPS) is 17.0. The summed E-state index contributed by atoms with van der Waals surface area (Å²) < 4.78 is 28.2. The summed E-state index contributed by atoms with van der Waals surface area (Å²) in [4.78, 5) is 14.9. The van der Waals surface area contributed by atoms with Crippen LogP contribution in [0, 0.1) is 19.8 Å². The Morgan fingerprint density at radius 1 is 1.04 bits per heavy atom. The molecule has 0 bridgehead atoms. The zero-order valence-electron chi connectivity index (χ0n) is 16.4. The molecule has 0 aromatic heterocycles. The van der Waals surface area contributed by atoms with E-state index in [4.69, 9.17) is 0 Å². The Bertz CT molecular complexity index is 1020. The lowest BCUT2D eigenvalue weighted by molar-refractivity contribution is -0.122. The maximum Gasteiger partial charge on any atom is 0.261 e. The minimum atomic E-state index is -3.64. The van der Waals surface area contributed by atoms with Crippen molar-refractivity contribution in [1.29, 1.82) is 0 Å². The molecule has 1 N–H and O–H groups in total. The lowest BCUT2D eigenvalue weighted by Gasteiger charge is -2.21. The van der Waals surface area contributed by atoms with E-state index in [1.807, 2.05) is 36.9 Å². The topological polar surface area (TPSA) is 66.5 Å². The third-order valence-corrected chi connectivity index (χ3v) is 7.37. The number of rotatable bonds is 4. The highest BCUT2D eigenvalue weighted by atomic mass is 32.2. The van der Waals surface area contributed by atoms with E-state index in [0.29, 0.717) is 12.2 Å². The Labute approximate surface area is 166 Å². The molecule has 2 aromatic rings. The molecule has 148 valence electrons. The Balaban J connectivity index is 1.54. The maximum absolute atomic E-state index is 12.8. The second-order valence-electron chi connectivity index (χ2n) is 7.92. The van der Waals surface area contributed by atoms with Crippen molar-refractivity contribution in [3.05, 3.63) is 53.1 Å². The molecule has 5 nitrogen and oxygen atoms in total. The van der Waals surface area contributed by atoms with Crippen LogP contribution in [0.1, 0.15) is 42.4 Å². The molecule has 0 spiro atoms. The number of carbonyl (C=O) groups is 1. The van der Waals surface area contributed by atoms with Gasteiger partial charge in [0.05, 0.1) is 4.90 Å². The van der Waals surface area contributed by atoms with Gasteiger partial charge in [0.2, 0.25) is 5.91 Å². The molecule has 6 heteroatoms. The smallest absolute Gasteiger partial charge is 0.261 e. The fourth-order valence-corrected chi connectivity index (χ4v) is 5.32. The summed E-state index contributed by atoms with van der Waals surface area (Å²) >= 11 is 0. The third kappa shape index (κ3) is 3.53. The highest BCUT2D eigenvalue weighted by molar-refractivity contribution is 7.92. The first-order valence-corrected chi connectivity index (χ1v) is 11.4. The van der Waals surface area contributed by atoms with Crippen LogP contribution in [0.25, 0.3) is 0 Å². The lowest BCUT2D eigenvalue weighted by atomic mass is 10.1. The van der Waals surface area contributed by atoms with Gasteiger partial charge in [-0.1, -0.05) is 18.9 Å². The van der Waals surface area contributed by atoms with Crippen LogP contribution in [-0.2, 0) is 21.2 Å². The number of sulfonamides is 1. The van der Waals surface area contributed by atoms with Crippen LogP contribution in [-0.4, -0.2) is 20.9 Å². The van der Waals surface area contributed by atoms with Gasteiger partial charge in [-0.15, -0.1) is 0 Å². The van der Waals surface area contributed by atoms with Gasteiger partial charge in [0.1, 0.15) is 0 Å². The van der Waals surface area contributed by atoms with E-state index < -0.39 is 10.0 Å². The first-order valence-electron chi connectivity index (χ1n) is 9.89. The van der Waals surface area contributed by atoms with E-state index in [2.05, 4.69) is 4.72 Å². The number of benzene rings is 2. The second-order valence-corrected chi connectivity index (χ2v) is 9.60. The quantitative estimate of drug-likeness (QED) is 0.840. The van der Waals surface area contributed by atoms with Crippen molar-refractivity contribution in [2.24, 2.45) is 5.92 Å². The molecular formula is C22H26N2O3S. The number of amides is 1. The number of hydrogen-bond donors (Lipinski definition) is 1. The number of nitrogens with zero attached hydrogens (tertiary/aromatic N) is 1. The van der Waals surface area contributed by atoms with Gasteiger partial charge in [0.15, 0.2) is 0 Å². The molecular weight excluding hydrogens is 372 g/mol. The monoisotopic (exact) mass is 398 g/mol. The maximum atomic E-state index is 12.8. The second kappa shape index (κ2) is 7.24. The summed E-state index contributed by atoms with van der Waals surface area (Å²) in [7, 11) is -3.64. The van der Waals surface area contributed by atoms with Gasteiger partial charge in [-0.25, -0.2) is 8.42 Å². The molecule has 28 heavy (non-hydrogen) atoms. The molecule has 1 amide bonds. The number of fused-ring (bicyclic) bond motifs is 1. The zero-order chi connectivity index (χ0) is 19.9. The zero-order valence-corrected chi connectivity index (χ0v) is 17.2. The van der Waals surface area contributed by atoms with Gasteiger partial charge in [-0.3, -0.25) is 9.52 Å². The molecule has 1 heterocycles. The van der Waals surface area contributed by atoms with Crippen LogP contribution in [0.2, 0.25) is 0 Å². The SMILES string of the molecule is Cc1ccc(S(=O)(=O)Nc2ccc3c(c2)CCN3C(=O)C2CCCC2)cc1C. The highest BCUT2D eigenvalue weighted by Crippen LogP contribution is 2.35. The molecule has 4 rings (SSSR count). The summed E-state index contributed by atoms with van der Waals surface area (Å²) in [6.45, 7) is 4.54. The van der Waals surface area contributed by atoms with Crippen molar-refractivity contribution in [3.8, 4) is 0 Å². The van der Waals surface area contributed by atoms with Crippen molar-refractivity contribution >= 4 is 27.3 Å². The van der Waals surface area contributed by atoms with Crippen LogP contribution < -0.4 is 9.62 Å². The molecule has 1 saturated carbocycles. The van der Waals surface area contributed by atoms with Crippen LogP contribution in [0.15, 0.2) is 41.3 Å². The first-order chi connectivity index (χ1) is 13.3. The number of hydrogen-bond acceptors (Lipinski definition) is 3. The van der Waals surface area contributed by atoms with Gasteiger partial charge in [-0.05, 0) is 80.1 Å². The summed E-state index contributed by atoms with van der Waals surface area (Å²) in [6, 6.07) is 10.6. The van der Waals surface area contributed by atoms with Gasteiger partial charge < -0.3 is 4.90 Å². The number of aryl methyl sites for hydroxylation is 2. The first kappa shape index (κ1) is 19.0. The fraction of sp³-hybridized carbons (Fsp3) is 0.409. The Kier molecular flexibility index (Phi) is 4.91. The van der Waals surface area contributed by atoms with Gasteiger partial charge in [-0.2, -0.15) is 0 Å². The van der Waals surface area contributed by atoms with Gasteiger partial charge in [0.25, 0.3) is 10.0 Å². The molecule has 2 aliphatic rings. The average molecular weight is 399 g/mol. The summed E-state index contributed by atoms with van der Waals surface area (Å²) in [5.41, 5.74) is 4.48. The van der Waals surface area contributed by atoms with Crippen molar-refractivity contribution in [3.63, 3.8) is 0 Å².